The third-order valence-electron chi connectivity index (χ3n) is 5.53. The normalized spacial score (nSPS) is 14.7. The highest BCUT2D eigenvalue weighted by molar-refractivity contribution is 6.74. The van der Waals surface area contributed by atoms with Crippen LogP contribution >= 0.6 is 23.2 Å². The van der Waals surface area contributed by atoms with E-state index >= 15 is 0 Å². The van der Waals surface area contributed by atoms with Gasteiger partial charge in [-0.05, 0) is 37.0 Å². The van der Waals surface area contributed by atoms with E-state index in [2.05, 4.69) is 43.8 Å². The van der Waals surface area contributed by atoms with E-state index < -0.39 is 26.0 Å². The molecule has 0 aliphatic carbocycles. The fourth-order valence-electron chi connectivity index (χ4n) is 2.35. The first-order valence-corrected chi connectivity index (χ1v) is 14.1. The van der Waals surface area contributed by atoms with E-state index in [-0.39, 0.29) is 39.3 Å². The number of ether oxygens (including phenoxy) is 1. The summed E-state index contributed by atoms with van der Waals surface area (Å²) < 4.78 is 11.4. The van der Waals surface area contributed by atoms with Crippen LogP contribution in [0.3, 0.4) is 0 Å². The number of pyridine rings is 1. The summed E-state index contributed by atoms with van der Waals surface area (Å²) in [6.45, 7) is 17.2. The third kappa shape index (κ3) is 7.97. The van der Waals surface area contributed by atoms with Crippen LogP contribution in [0.5, 0.6) is 0 Å². The molecule has 9 heteroatoms. The molecule has 0 fully saturated rings. The van der Waals surface area contributed by atoms with Crippen molar-refractivity contribution in [3.8, 4) is 0 Å². The quantitative estimate of drug-likeness (QED) is 0.103. The van der Waals surface area contributed by atoms with Crippen molar-refractivity contribution in [2.45, 2.75) is 65.7 Å². The molecule has 0 aromatic carbocycles. The molecule has 31 heavy (non-hydrogen) atoms. The summed E-state index contributed by atoms with van der Waals surface area (Å²) in [5, 5.41) is 0.285. The summed E-state index contributed by atoms with van der Waals surface area (Å²) >= 11 is 12.0. The minimum Gasteiger partial charge on any atom is -0.465 e. The van der Waals surface area contributed by atoms with E-state index in [0.29, 0.717) is 6.61 Å². The molecule has 0 spiro atoms. The Morgan fingerprint density at radius 2 is 1.87 bits per heavy atom. The molecule has 0 N–H and O–H groups in total. The van der Waals surface area contributed by atoms with Gasteiger partial charge in [0.1, 0.15) is 5.15 Å². The van der Waals surface area contributed by atoms with Gasteiger partial charge < -0.3 is 9.16 Å². The summed E-state index contributed by atoms with van der Waals surface area (Å²) in [4.78, 5) is 34.0. The van der Waals surface area contributed by atoms with Crippen LogP contribution in [-0.4, -0.2) is 50.5 Å². The number of Topliss-reactive ketones (excluding diaryl/α,β-unsaturated/α-hetero) is 1. The highest BCUT2D eigenvalue weighted by Gasteiger charge is 2.38. The lowest BCUT2D eigenvalue weighted by Crippen LogP contribution is -2.43. The summed E-state index contributed by atoms with van der Waals surface area (Å²) in [7, 11) is -1.96. The maximum Gasteiger partial charge on any atom is 0.322 e. The van der Waals surface area contributed by atoms with Crippen molar-refractivity contribution in [3.05, 3.63) is 28.0 Å². The van der Waals surface area contributed by atoms with E-state index in [9.17, 15) is 9.59 Å². The number of aliphatic imine (C=N–C) groups is 1. The molecule has 1 aromatic heterocycles. The molecule has 2 atom stereocenters. The zero-order valence-electron chi connectivity index (χ0n) is 19.7. The van der Waals surface area contributed by atoms with Gasteiger partial charge in [0.15, 0.2) is 20.0 Å². The van der Waals surface area contributed by atoms with Gasteiger partial charge in [0.25, 0.3) is 0 Å². The van der Waals surface area contributed by atoms with Gasteiger partial charge in [0, 0.05) is 18.0 Å². The van der Waals surface area contributed by atoms with E-state index in [1.165, 1.54) is 18.5 Å². The van der Waals surface area contributed by atoms with Crippen LogP contribution in [0.1, 0.15) is 51.9 Å². The molecule has 1 heterocycles. The van der Waals surface area contributed by atoms with Crippen molar-refractivity contribution in [2.24, 2.45) is 16.8 Å². The lowest BCUT2D eigenvalue weighted by atomic mass is 9.98. The molecular formula is C22H34Cl2N2O4Si. The Morgan fingerprint density at radius 3 is 2.39 bits per heavy atom. The Labute approximate surface area is 196 Å². The molecule has 0 aliphatic heterocycles. The lowest BCUT2D eigenvalue weighted by molar-refractivity contribution is -0.143. The standard InChI is InChI=1S/C22H34Cl2N2O4Si/c1-9-29-21(28)16(20(27)15-10-19(24)26-12-17(15)23)11-25-18(14(2)3)13-30-31(7,8)22(4,5)6/h10-12,14,16,18H,9,13H2,1-8H3/t16?,18-/m1/s1. The van der Waals surface area contributed by atoms with Gasteiger partial charge >= 0.3 is 5.97 Å². The van der Waals surface area contributed by atoms with Crippen LogP contribution < -0.4 is 0 Å². The summed E-state index contributed by atoms with van der Waals surface area (Å²) in [6, 6.07) is 1.13. The van der Waals surface area contributed by atoms with Crippen molar-refractivity contribution in [3.63, 3.8) is 0 Å². The fraction of sp³-hybridized carbons (Fsp3) is 0.636. The molecule has 0 radical (unpaired) electrons. The Kier molecular flexibility index (Phi) is 10.3. The summed E-state index contributed by atoms with van der Waals surface area (Å²) in [5.41, 5.74) is 0.102. The van der Waals surface area contributed by atoms with Gasteiger partial charge in [0.05, 0.1) is 24.3 Å². The molecular weight excluding hydrogens is 455 g/mol. The Hall–Kier alpha value is -1.28. The van der Waals surface area contributed by atoms with E-state index in [0.717, 1.165) is 0 Å². The third-order valence-corrected chi connectivity index (χ3v) is 10.5. The molecule has 0 saturated heterocycles. The monoisotopic (exact) mass is 488 g/mol. The smallest absolute Gasteiger partial charge is 0.322 e. The molecule has 0 amide bonds. The van der Waals surface area contributed by atoms with E-state index in [1.54, 1.807) is 6.92 Å². The molecule has 0 aliphatic rings. The number of nitrogens with zero attached hydrogens (tertiary/aromatic N) is 2. The average molecular weight is 490 g/mol. The van der Waals surface area contributed by atoms with Crippen molar-refractivity contribution in [1.29, 1.82) is 0 Å². The molecule has 1 unspecified atom stereocenters. The second kappa shape index (κ2) is 11.5. The molecule has 0 saturated carbocycles. The van der Waals surface area contributed by atoms with Crippen LogP contribution in [0.25, 0.3) is 0 Å². The number of hydrogen-bond acceptors (Lipinski definition) is 6. The number of halogens is 2. The van der Waals surface area contributed by atoms with Crippen molar-refractivity contribution >= 4 is 49.5 Å². The summed E-state index contributed by atoms with van der Waals surface area (Å²) in [6.07, 6.45) is 2.63. The van der Waals surface area contributed by atoms with Gasteiger partial charge in [0.2, 0.25) is 0 Å². The van der Waals surface area contributed by atoms with Crippen LogP contribution in [0, 0.1) is 11.8 Å². The van der Waals surface area contributed by atoms with Crippen LogP contribution in [0.4, 0.5) is 0 Å². The number of carbonyl (C=O) groups excluding carboxylic acids is 2. The Balaban J connectivity index is 3.17. The molecule has 6 nitrogen and oxygen atoms in total. The highest BCUT2D eigenvalue weighted by Crippen LogP contribution is 2.36. The van der Waals surface area contributed by atoms with Gasteiger partial charge in [-0.15, -0.1) is 0 Å². The minimum absolute atomic E-state index is 0.0685. The van der Waals surface area contributed by atoms with Crippen LogP contribution in [-0.2, 0) is 14.0 Å². The first-order valence-electron chi connectivity index (χ1n) is 10.4. The van der Waals surface area contributed by atoms with Crippen molar-refractivity contribution in [1.82, 2.24) is 4.98 Å². The van der Waals surface area contributed by atoms with Gasteiger partial charge in [-0.3, -0.25) is 14.6 Å². The Morgan fingerprint density at radius 1 is 1.26 bits per heavy atom. The number of hydrogen-bond donors (Lipinski definition) is 0. The number of carbonyl (C=O) groups is 2. The number of esters is 1. The SMILES string of the molecule is CCOC(=O)C(C=N[C@H](CO[Si](C)(C)C(C)(C)C)C(C)C)C(=O)c1cc(Cl)ncc1Cl. The zero-order valence-corrected chi connectivity index (χ0v) is 22.2. The van der Waals surface area contributed by atoms with Crippen LogP contribution in [0.2, 0.25) is 28.3 Å². The number of rotatable bonds is 10. The summed E-state index contributed by atoms with van der Waals surface area (Å²) in [5.74, 6) is -2.31. The molecule has 1 aromatic rings. The Bertz CT molecular complexity index is 807. The first-order chi connectivity index (χ1) is 14.2. The fourth-order valence-corrected chi connectivity index (χ4v) is 3.73. The van der Waals surface area contributed by atoms with Crippen molar-refractivity contribution in [2.75, 3.05) is 13.2 Å². The molecule has 174 valence electrons. The number of ketones is 1. The molecule has 1 rings (SSSR count). The largest absolute Gasteiger partial charge is 0.465 e. The topological polar surface area (TPSA) is 77.9 Å². The average Bonchev–Trinajstić information content (AvgIpc) is 2.64. The second-order valence-corrected chi connectivity index (χ2v) is 14.9. The van der Waals surface area contributed by atoms with Gasteiger partial charge in [-0.1, -0.05) is 57.8 Å². The minimum atomic E-state index is -1.96. The lowest BCUT2D eigenvalue weighted by Gasteiger charge is -2.37. The van der Waals surface area contributed by atoms with Crippen LogP contribution in [0.15, 0.2) is 17.3 Å². The van der Waals surface area contributed by atoms with E-state index in [4.69, 9.17) is 32.4 Å². The van der Waals surface area contributed by atoms with Gasteiger partial charge in [-0.2, -0.15) is 0 Å². The predicted octanol–water partition coefficient (Wildman–Crippen LogP) is 5.87. The molecule has 0 bridgehead atoms. The maximum absolute atomic E-state index is 13.1. The van der Waals surface area contributed by atoms with Crippen molar-refractivity contribution < 1.29 is 18.8 Å². The zero-order chi connectivity index (χ0) is 24.0. The predicted molar refractivity (Wildman–Crippen MR) is 129 cm³/mol. The maximum atomic E-state index is 13.1. The van der Waals surface area contributed by atoms with E-state index in [1.807, 2.05) is 13.8 Å². The first kappa shape index (κ1) is 27.8. The van der Waals surface area contributed by atoms with Gasteiger partial charge in [-0.25, -0.2) is 4.98 Å². The highest BCUT2D eigenvalue weighted by atomic mass is 35.5. The number of aromatic nitrogens is 1. The second-order valence-electron chi connectivity index (χ2n) is 9.26.